The molecule has 4 atom stereocenters. The summed E-state index contributed by atoms with van der Waals surface area (Å²) in [5.41, 5.74) is 2.04. The Bertz CT molecular complexity index is 952. The Morgan fingerprint density at radius 3 is 1.49 bits per heavy atom. The van der Waals surface area contributed by atoms with Gasteiger partial charge in [-0.2, -0.15) is 0 Å². The van der Waals surface area contributed by atoms with Crippen LogP contribution in [0.1, 0.15) is 38.8 Å². The van der Waals surface area contributed by atoms with Gasteiger partial charge in [-0.3, -0.25) is 4.90 Å². The molecule has 2 aliphatic heterocycles. The molecule has 37 heavy (non-hydrogen) atoms. The lowest BCUT2D eigenvalue weighted by atomic mass is 10.1. The minimum absolute atomic E-state index is 0.212. The van der Waals surface area contributed by atoms with Gasteiger partial charge in [0, 0.05) is 50.3 Å². The van der Waals surface area contributed by atoms with Gasteiger partial charge in [-0.05, 0) is 45.9 Å². The van der Waals surface area contributed by atoms with Crippen molar-refractivity contribution in [3.8, 4) is 0 Å². The Kier molecular flexibility index (Phi) is 10.8. The van der Waals surface area contributed by atoms with Gasteiger partial charge in [0.2, 0.25) is 0 Å². The SMILES string of the molecule is CC1CN(C(=O)OCc2ccccc2)CC(C)N1.CC1CN(C(=O)OCc2ccccc2)CC(C)N1C. The fraction of sp³-hybridized carbons (Fsp3) is 0.517. The molecule has 1 N–H and O–H groups in total. The molecule has 0 aromatic heterocycles. The summed E-state index contributed by atoms with van der Waals surface area (Å²) >= 11 is 0. The van der Waals surface area contributed by atoms with Crippen molar-refractivity contribution in [2.75, 3.05) is 33.2 Å². The molecule has 2 amide bonds. The number of likely N-dealkylation sites (N-methyl/N-ethyl adjacent to an activating group) is 1. The summed E-state index contributed by atoms with van der Waals surface area (Å²) in [6.07, 6.45) is -0.435. The van der Waals surface area contributed by atoms with E-state index in [0.717, 1.165) is 24.2 Å². The monoisotopic (exact) mass is 510 g/mol. The largest absolute Gasteiger partial charge is 0.445 e. The van der Waals surface area contributed by atoms with E-state index in [1.54, 1.807) is 9.80 Å². The minimum atomic E-state index is -0.223. The lowest BCUT2D eigenvalue weighted by molar-refractivity contribution is 0.0379. The molecule has 2 fully saturated rings. The number of ether oxygens (including phenoxy) is 2. The predicted octanol–water partition coefficient (Wildman–Crippen LogP) is 4.35. The average molecular weight is 511 g/mol. The molecule has 0 radical (unpaired) electrons. The minimum Gasteiger partial charge on any atom is -0.445 e. The second kappa shape index (κ2) is 14.0. The van der Waals surface area contributed by atoms with Gasteiger partial charge in [-0.25, -0.2) is 9.59 Å². The van der Waals surface area contributed by atoms with Crippen molar-refractivity contribution in [3.63, 3.8) is 0 Å². The Hall–Kier alpha value is -3.10. The van der Waals surface area contributed by atoms with Crippen LogP contribution < -0.4 is 5.32 Å². The maximum atomic E-state index is 12.1. The topological polar surface area (TPSA) is 74.3 Å². The van der Waals surface area contributed by atoms with Gasteiger partial charge >= 0.3 is 12.2 Å². The number of nitrogens with one attached hydrogen (secondary N) is 1. The Morgan fingerprint density at radius 2 is 1.08 bits per heavy atom. The van der Waals surface area contributed by atoms with Gasteiger partial charge in [-0.1, -0.05) is 60.7 Å². The summed E-state index contributed by atoms with van der Waals surface area (Å²) in [4.78, 5) is 29.9. The lowest BCUT2D eigenvalue weighted by Gasteiger charge is -2.41. The third kappa shape index (κ3) is 9.05. The highest BCUT2D eigenvalue weighted by Crippen LogP contribution is 2.15. The molecule has 4 rings (SSSR count). The van der Waals surface area contributed by atoms with Crippen LogP contribution in [0.25, 0.3) is 0 Å². The van der Waals surface area contributed by atoms with E-state index in [4.69, 9.17) is 9.47 Å². The number of rotatable bonds is 4. The molecule has 2 saturated heterocycles. The highest BCUT2D eigenvalue weighted by molar-refractivity contribution is 5.68. The smallest absolute Gasteiger partial charge is 0.410 e. The summed E-state index contributed by atoms with van der Waals surface area (Å²) in [7, 11) is 2.10. The number of hydrogen-bond donors (Lipinski definition) is 1. The number of piperazine rings is 2. The first kappa shape index (κ1) is 28.5. The molecule has 2 aromatic carbocycles. The van der Waals surface area contributed by atoms with E-state index in [-0.39, 0.29) is 12.2 Å². The molecule has 2 aliphatic rings. The van der Waals surface area contributed by atoms with Crippen LogP contribution in [0.15, 0.2) is 60.7 Å². The van der Waals surface area contributed by atoms with Crippen LogP contribution in [-0.2, 0) is 22.7 Å². The molecule has 202 valence electrons. The highest BCUT2D eigenvalue weighted by atomic mass is 16.6. The number of nitrogens with zero attached hydrogens (tertiary/aromatic N) is 3. The fourth-order valence-electron chi connectivity index (χ4n) is 4.65. The van der Waals surface area contributed by atoms with Crippen LogP contribution in [0.5, 0.6) is 0 Å². The molecule has 2 aromatic rings. The summed E-state index contributed by atoms with van der Waals surface area (Å²) in [5.74, 6) is 0. The van der Waals surface area contributed by atoms with Crippen molar-refractivity contribution in [1.82, 2.24) is 20.0 Å². The maximum absolute atomic E-state index is 12.1. The van der Waals surface area contributed by atoms with Crippen LogP contribution in [0, 0.1) is 0 Å². The second-order valence-corrected chi connectivity index (χ2v) is 10.2. The molecule has 8 heteroatoms. The fourth-order valence-corrected chi connectivity index (χ4v) is 4.65. The molecule has 0 spiro atoms. The molecule has 8 nitrogen and oxygen atoms in total. The van der Waals surface area contributed by atoms with Gasteiger partial charge in [0.1, 0.15) is 13.2 Å². The lowest BCUT2D eigenvalue weighted by Crippen LogP contribution is -2.56. The van der Waals surface area contributed by atoms with Crippen molar-refractivity contribution in [2.45, 2.75) is 65.1 Å². The summed E-state index contributed by atoms with van der Waals surface area (Å²) < 4.78 is 10.7. The van der Waals surface area contributed by atoms with E-state index in [0.29, 0.717) is 50.5 Å². The van der Waals surface area contributed by atoms with Crippen molar-refractivity contribution in [3.05, 3.63) is 71.8 Å². The third-order valence-electron chi connectivity index (χ3n) is 6.84. The number of hydrogen-bond acceptors (Lipinski definition) is 6. The van der Waals surface area contributed by atoms with E-state index in [9.17, 15) is 9.59 Å². The molecule has 0 aliphatic carbocycles. The summed E-state index contributed by atoms with van der Waals surface area (Å²) in [6, 6.07) is 20.9. The molecule has 0 bridgehead atoms. The number of amides is 2. The zero-order valence-electron chi connectivity index (χ0n) is 22.8. The first-order valence-electron chi connectivity index (χ1n) is 13.1. The van der Waals surface area contributed by atoms with Crippen LogP contribution >= 0.6 is 0 Å². The predicted molar refractivity (Wildman–Crippen MR) is 145 cm³/mol. The Labute approximate surface area is 221 Å². The van der Waals surface area contributed by atoms with Crippen molar-refractivity contribution in [2.24, 2.45) is 0 Å². The molecule has 0 saturated carbocycles. The highest BCUT2D eigenvalue weighted by Gasteiger charge is 2.30. The Morgan fingerprint density at radius 1 is 0.703 bits per heavy atom. The molecular formula is C29H42N4O4. The molecular weight excluding hydrogens is 468 g/mol. The van der Waals surface area contributed by atoms with Crippen molar-refractivity contribution >= 4 is 12.2 Å². The van der Waals surface area contributed by atoms with E-state index in [2.05, 4.69) is 45.0 Å². The zero-order chi connectivity index (χ0) is 26.8. The van der Waals surface area contributed by atoms with Crippen molar-refractivity contribution < 1.29 is 19.1 Å². The van der Waals surface area contributed by atoms with E-state index < -0.39 is 0 Å². The normalized spacial score (nSPS) is 24.0. The number of carbonyl (C=O) groups excluding carboxylic acids is 2. The first-order chi connectivity index (χ1) is 17.7. The standard InChI is InChI=1S/C15H22N2O2.C14H20N2O2/c1-12-9-17(10-13(2)16(12)3)15(18)19-11-14-7-5-4-6-8-14;1-11-8-16(9-12(2)15-11)14(17)18-10-13-6-4-3-5-7-13/h4-8,12-13H,9-11H2,1-3H3;3-7,11-12,15H,8-10H2,1-2H3. The quantitative estimate of drug-likeness (QED) is 0.659. The maximum Gasteiger partial charge on any atom is 0.410 e. The Balaban J connectivity index is 0.000000206. The van der Waals surface area contributed by atoms with Crippen LogP contribution in [-0.4, -0.2) is 84.3 Å². The summed E-state index contributed by atoms with van der Waals surface area (Å²) in [6.45, 7) is 12.0. The van der Waals surface area contributed by atoms with Crippen LogP contribution in [0.3, 0.4) is 0 Å². The van der Waals surface area contributed by atoms with Gasteiger partial charge in [0.05, 0.1) is 0 Å². The number of carbonyl (C=O) groups is 2. The first-order valence-corrected chi connectivity index (χ1v) is 13.1. The van der Waals surface area contributed by atoms with Gasteiger partial charge in [-0.15, -0.1) is 0 Å². The van der Waals surface area contributed by atoms with Crippen LogP contribution in [0.2, 0.25) is 0 Å². The van der Waals surface area contributed by atoms with Gasteiger partial charge in [0.15, 0.2) is 0 Å². The average Bonchev–Trinajstić information content (AvgIpc) is 2.89. The van der Waals surface area contributed by atoms with E-state index in [1.165, 1.54) is 0 Å². The van der Waals surface area contributed by atoms with Crippen LogP contribution in [0.4, 0.5) is 9.59 Å². The summed E-state index contributed by atoms with van der Waals surface area (Å²) in [5, 5.41) is 3.39. The number of benzene rings is 2. The van der Waals surface area contributed by atoms with E-state index >= 15 is 0 Å². The third-order valence-corrected chi connectivity index (χ3v) is 6.84. The molecule has 4 unspecified atom stereocenters. The van der Waals surface area contributed by atoms with Crippen molar-refractivity contribution in [1.29, 1.82) is 0 Å². The second-order valence-electron chi connectivity index (χ2n) is 10.2. The van der Waals surface area contributed by atoms with E-state index in [1.807, 2.05) is 60.7 Å². The zero-order valence-corrected chi connectivity index (χ0v) is 22.8. The van der Waals surface area contributed by atoms with Gasteiger partial charge in [0.25, 0.3) is 0 Å². The molecule has 2 heterocycles. The van der Waals surface area contributed by atoms with Gasteiger partial charge < -0.3 is 24.6 Å².